The van der Waals surface area contributed by atoms with E-state index in [1.807, 2.05) is 66.9 Å². The molecule has 3 heteroatoms. The summed E-state index contributed by atoms with van der Waals surface area (Å²) in [6.07, 6.45) is 1.91. The summed E-state index contributed by atoms with van der Waals surface area (Å²) in [5.41, 5.74) is 5.40. The maximum absolute atomic E-state index is 12.5. The first-order chi connectivity index (χ1) is 13.2. The third kappa shape index (κ3) is 3.86. The number of halogens is 1. The van der Waals surface area contributed by atoms with Gasteiger partial charge < -0.3 is 4.57 Å². The van der Waals surface area contributed by atoms with Gasteiger partial charge >= 0.3 is 0 Å². The highest BCUT2D eigenvalue weighted by molar-refractivity contribution is 6.30. The van der Waals surface area contributed by atoms with Gasteiger partial charge in [-0.05, 0) is 46.0 Å². The van der Waals surface area contributed by atoms with Crippen LogP contribution in [0.5, 0.6) is 0 Å². The third-order valence-corrected chi connectivity index (χ3v) is 4.86. The Morgan fingerprint density at radius 3 is 2.11 bits per heavy atom. The van der Waals surface area contributed by atoms with Gasteiger partial charge in [-0.2, -0.15) is 0 Å². The molecule has 0 unspecified atom stereocenters. The summed E-state index contributed by atoms with van der Waals surface area (Å²) in [6, 6.07) is 29.6. The van der Waals surface area contributed by atoms with Crippen LogP contribution in [0, 0.1) is 0 Å². The van der Waals surface area contributed by atoms with Crippen LogP contribution in [0.3, 0.4) is 0 Å². The highest BCUT2D eigenvalue weighted by Gasteiger charge is 2.07. The largest absolute Gasteiger partial charge is 0.310 e. The Morgan fingerprint density at radius 2 is 1.33 bits per heavy atom. The van der Waals surface area contributed by atoms with Crippen LogP contribution in [0.25, 0.3) is 22.3 Å². The van der Waals surface area contributed by atoms with E-state index in [1.165, 1.54) is 0 Å². The van der Waals surface area contributed by atoms with Crippen LogP contribution < -0.4 is 5.56 Å². The molecule has 0 bridgehead atoms. The van der Waals surface area contributed by atoms with Crippen LogP contribution in [-0.2, 0) is 6.54 Å². The molecule has 132 valence electrons. The molecule has 3 aromatic carbocycles. The molecule has 0 saturated heterocycles. The average molecular weight is 372 g/mol. The van der Waals surface area contributed by atoms with E-state index in [0.29, 0.717) is 11.6 Å². The van der Waals surface area contributed by atoms with E-state index in [4.69, 9.17) is 11.6 Å². The SMILES string of the molecule is O=c1ccc(-c2ccc(Cl)cc2)cn1Cc1ccccc1-c1ccccc1. The zero-order valence-corrected chi connectivity index (χ0v) is 15.4. The Bertz CT molecular complexity index is 1110. The Labute approximate surface area is 163 Å². The van der Waals surface area contributed by atoms with Crippen LogP contribution in [0.15, 0.2) is 102 Å². The number of nitrogens with zero attached hydrogens (tertiary/aromatic N) is 1. The van der Waals surface area contributed by atoms with Gasteiger partial charge in [0, 0.05) is 17.3 Å². The van der Waals surface area contributed by atoms with Gasteiger partial charge in [0.2, 0.25) is 0 Å². The molecule has 1 heterocycles. The normalized spacial score (nSPS) is 10.7. The van der Waals surface area contributed by atoms with Gasteiger partial charge in [0.1, 0.15) is 0 Å². The molecule has 4 aromatic rings. The predicted molar refractivity (Wildman–Crippen MR) is 112 cm³/mol. The zero-order chi connectivity index (χ0) is 18.6. The minimum atomic E-state index is -0.0180. The fourth-order valence-corrected chi connectivity index (χ4v) is 3.34. The molecule has 0 N–H and O–H groups in total. The molecular weight excluding hydrogens is 354 g/mol. The summed E-state index contributed by atoms with van der Waals surface area (Å²) in [6.45, 7) is 0.519. The van der Waals surface area contributed by atoms with E-state index in [2.05, 4.69) is 24.3 Å². The minimum Gasteiger partial charge on any atom is -0.310 e. The van der Waals surface area contributed by atoms with Crippen molar-refractivity contribution in [3.8, 4) is 22.3 Å². The zero-order valence-electron chi connectivity index (χ0n) is 14.7. The van der Waals surface area contributed by atoms with Crippen molar-refractivity contribution in [1.29, 1.82) is 0 Å². The Hall–Kier alpha value is -3.10. The Morgan fingerprint density at radius 1 is 0.667 bits per heavy atom. The predicted octanol–water partition coefficient (Wildman–Crippen LogP) is 5.88. The summed E-state index contributed by atoms with van der Waals surface area (Å²) in [7, 11) is 0. The van der Waals surface area contributed by atoms with Gasteiger partial charge in [-0.3, -0.25) is 4.79 Å². The summed E-state index contributed by atoms with van der Waals surface area (Å²) in [5.74, 6) is 0. The second kappa shape index (κ2) is 7.65. The maximum atomic E-state index is 12.5. The summed E-state index contributed by atoms with van der Waals surface area (Å²) in [5, 5.41) is 0.698. The molecule has 0 spiro atoms. The summed E-state index contributed by atoms with van der Waals surface area (Å²) >= 11 is 5.98. The van der Waals surface area contributed by atoms with Crippen molar-refractivity contribution < 1.29 is 0 Å². The average Bonchev–Trinajstić information content (AvgIpc) is 2.71. The van der Waals surface area contributed by atoms with Crippen molar-refractivity contribution >= 4 is 11.6 Å². The van der Waals surface area contributed by atoms with Crippen LogP contribution in [0.2, 0.25) is 5.02 Å². The van der Waals surface area contributed by atoms with Crippen molar-refractivity contribution in [2.45, 2.75) is 6.54 Å². The Balaban J connectivity index is 1.73. The number of benzene rings is 3. The lowest BCUT2D eigenvalue weighted by Gasteiger charge is -2.13. The lowest BCUT2D eigenvalue weighted by atomic mass is 9.99. The van der Waals surface area contributed by atoms with Crippen molar-refractivity contribution in [2.24, 2.45) is 0 Å². The van der Waals surface area contributed by atoms with Gasteiger partial charge in [-0.1, -0.05) is 78.3 Å². The number of hydrogen-bond donors (Lipinski definition) is 0. The molecule has 4 rings (SSSR count). The second-order valence-corrected chi connectivity index (χ2v) is 6.85. The topological polar surface area (TPSA) is 22.0 Å². The summed E-state index contributed by atoms with van der Waals surface area (Å²) < 4.78 is 1.76. The molecule has 0 amide bonds. The van der Waals surface area contributed by atoms with E-state index in [0.717, 1.165) is 27.8 Å². The van der Waals surface area contributed by atoms with Gasteiger partial charge in [0.15, 0.2) is 0 Å². The lowest BCUT2D eigenvalue weighted by molar-refractivity contribution is 0.762. The highest BCUT2D eigenvalue weighted by atomic mass is 35.5. The number of aromatic nitrogens is 1. The number of pyridine rings is 1. The Kier molecular flexibility index (Phi) is 4.91. The van der Waals surface area contributed by atoms with E-state index >= 15 is 0 Å². The quantitative estimate of drug-likeness (QED) is 0.438. The number of hydrogen-bond acceptors (Lipinski definition) is 1. The molecule has 27 heavy (non-hydrogen) atoms. The second-order valence-electron chi connectivity index (χ2n) is 6.41. The first-order valence-electron chi connectivity index (χ1n) is 8.80. The van der Waals surface area contributed by atoms with Crippen LogP contribution in [-0.4, -0.2) is 4.57 Å². The van der Waals surface area contributed by atoms with Crippen LogP contribution in [0.1, 0.15) is 5.56 Å². The molecule has 0 atom stereocenters. The van der Waals surface area contributed by atoms with E-state index in [-0.39, 0.29) is 5.56 Å². The van der Waals surface area contributed by atoms with Crippen LogP contribution in [0.4, 0.5) is 0 Å². The monoisotopic (exact) mass is 371 g/mol. The van der Waals surface area contributed by atoms with E-state index < -0.39 is 0 Å². The van der Waals surface area contributed by atoms with E-state index in [9.17, 15) is 4.79 Å². The minimum absolute atomic E-state index is 0.0180. The van der Waals surface area contributed by atoms with Crippen molar-refractivity contribution in [2.75, 3.05) is 0 Å². The molecular formula is C24H18ClNO. The van der Waals surface area contributed by atoms with Crippen molar-refractivity contribution in [3.63, 3.8) is 0 Å². The smallest absolute Gasteiger partial charge is 0.250 e. The molecule has 0 aliphatic carbocycles. The van der Waals surface area contributed by atoms with Gasteiger partial charge in [0.05, 0.1) is 6.54 Å². The molecule has 0 fully saturated rings. The van der Waals surface area contributed by atoms with Crippen LogP contribution >= 0.6 is 11.6 Å². The molecule has 0 saturated carbocycles. The highest BCUT2D eigenvalue weighted by Crippen LogP contribution is 2.25. The summed E-state index contributed by atoms with van der Waals surface area (Å²) in [4.78, 5) is 12.5. The molecule has 0 aliphatic heterocycles. The molecule has 0 radical (unpaired) electrons. The molecule has 0 aliphatic rings. The van der Waals surface area contributed by atoms with Gasteiger partial charge in [-0.25, -0.2) is 0 Å². The van der Waals surface area contributed by atoms with Gasteiger partial charge in [0.25, 0.3) is 5.56 Å². The maximum Gasteiger partial charge on any atom is 0.250 e. The van der Waals surface area contributed by atoms with Gasteiger partial charge in [-0.15, -0.1) is 0 Å². The number of rotatable bonds is 4. The molecule has 1 aromatic heterocycles. The first-order valence-corrected chi connectivity index (χ1v) is 9.18. The molecule has 2 nitrogen and oxygen atoms in total. The van der Waals surface area contributed by atoms with Crippen molar-refractivity contribution in [1.82, 2.24) is 4.57 Å². The van der Waals surface area contributed by atoms with E-state index in [1.54, 1.807) is 10.6 Å². The third-order valence-electron chi connectivity index (χ3n) is 4.60. The fraction of sp³-hybridized carbons (Fsp3) is 0.0417. The first kappa shape index (κ1) is 17.3. The van der Waals surface area contributed by atoms with Crippen molar-refractivity contribution in [3.05, 3.63) is 118 Å². The lowest BCUT2D eigenvalue weighted by Crippen LogP contribution is -2.19. The standard InChI is InChI=1S/C24H18ClNO/c25-22-13-10-18(11-14-22)20-12-15-24(27)26(16-20)17-21-8-4-5-9-23(21)19-6-2-1-3-7-19/h1-16H,17H2. The fourth-order valence-electron chi connectivity index (χ4n) is 3.21.